The Hall–Kier alpha value is -1.56. The van der Waals surface area contributed by atoms with Gasteiger partial charge in [-0.3, -0.25) is 4.79 Å². The molecule has 22 heavy (non-hydrogen) atoms. The second-order valence-corrected chi connectivity index (χ2v) is 7.49. The van der Waals surface area contributed by atoms with Crippen molar-refractivity contribution in [3.05, 3.63) is 22.4 Å². The standard InChI is InChI=1S/C16H27N3O2S/c1-7-19(6)14(20)11(2)17-15(21)18-13(16(3,4)5)12-9-8-10-22-12/h8-11,13H,7H2,1-6H3,(H2,17,18,21). The summed E-state index contributed by atoms with van der Waals surface area (Å²) in [6.45, 7) is 10.5. The van der Waals surface area contributed by atoms with Gasteiger partial charge in [0.05, 0.1) is 6.04 Å². The lowest BCUT2D eigenvalue weighted by Gasteiger charge is -2.31. The Morgan fingerprint density at radius 1 is 1.32 bits per heavy atom. The Balaban J connectivity index is 2.71. The van der Waals surface area contributed by atoms with E-state index in [9.17, 15) is 9.59 Å². The molecule has 2 unspecified atom stereocenters. The Bertz CT molecular complexity index is 494. The highest BCUT2D eigenvalue weighted by molar-refractivity contribution is 7.10. The fraction of sp³-hybridized carbons (Fsp3) is 0.625. The summed E-state index contributed by atoms with van der Waals surface area (Å²) >= 11 is 1.62. The van der Waals surface area contributed by atoms with Gasteiger partial charge in [0.25, 0.3) is 0 Å². The van der Waals surface area contributed by atoms with Crippen LogP contribution < -0.4 is 10.6 Å². The van der Waals surface area contributed by atoms with Gasteiger partial charge in [-0.1, -0.05) is 26.8 Å². The summed E-state index contributed by atoms with van der Waals surface area (Å²) in [7, 11) is 1.72. The normalized spacial score (nSPS) is 14.1. The maximum atomic E-state index is 12.2. The Morgan fingerprint density at radius 2 is 1.95 bits per heavy atom. The topological polar surface area (TPSA) is 61.4 Å². The number of hydrogen-bond donors (Lipinski definition) is 2. The molecule has 0 aliphatic heterocycles. The van der Waals surface area contributed by atoms with E-state index in [1.165, 1.54) is 0 Å². The largest absolute Gasteiger partial charge is 0.344 e. The third-order valence-corrected chi connectivity index (χ3v) is 4.47. The van der Waals surface area contributed by atoms with Gasteiger partial charge in [-0.05, 0) is 30.7 Å². The minimum Gasteiger partial charge on any atom is -0.344 e. The van der Waals surface area contributed by atoms with Crippen molar-refractivity contribution >= 4 is 23.3 Å². The molecule has 124 valence electrons. The highest BCUT2D eigenvalue weighted by Gasteiger charge is 2.29. The highest BCUT2D eigenvalue weighted by atomic mass is 32.1. The summed E-state index contributed by atoms with van der Waals surface area (Å²) in [5.41, 5.74) is -0.115. The molecule has 0 radical (unpaired) electrons. The van der Waals surface area contributed by atoms with Crippen molar-refractivity contribution in [3.63, 3.8) is 0 Å². The van der Waals surface area contributed by atoms with Crippen molar-refractivity contribution in [3.8, 4) is 0 Å². The average Bonchev–Trinajstić information content (AvgIpc) is 2.95. The summed E-state index contributed by atoms with van der Waals surface area (Å²) in [6.07, 6.45) is 0. The van der Waals surface area contributed by atoms with Crippen molar-refractivity contribution < 1.29 is 9.59 Å². The van der Waals surface area contributed by atoms with Crippen LogP contribution in [0.3, 0.4) is 0 Å². The van der Waals surface area contributed by atoms with Gasteiger partial charge < -0.3 is 15.5 Å². The summed E-state index contributed by atoms with van der Waals surface area (Å²) < 4.78 is 0. The molecule has 3 amide bonds. The van der Waals surface area contributed by atoms with Crippen LogP contribution >= 0.6 is 11.3 Å². The van der Waals surface area contributed by atoms with E-state index >= 15 is 0 Å². The Kier molecular flexibility index (Phi) is 6.41. The van der Waals surface area contributed by atoms with Crippen molar-refractivity contribution in [2.45, 2.75) is 46.7 Å². The van der Waals surface area contributed by atoms with Crippen molar-refractivity contribution in [1.29, 1.82) is 0 Å². The first-order valence-electron chi connectivity index (χ1n) is 7.52. The van der Waals surface area contributed by atoms with Crippen LogP contribution in [0.1, 0.15) is 45.5 Å². The molecule has 1 heterocycles. The minimum absolute atomic E-state index is 0.0962. The lowest BCUT2D eigenvalue weighted by Crippen LogP contribution is -2.50. The van der Waals surface area contributed by atoms with Gasteiger partial charge in [0.2, 0.25) is 5.91 Å². The lowest BCUT2D eigenvalue weighted by atomic mass is 9.86. The third kappa shape index (κ3) is 5.02. The van der Waals surface area contributed by atoms with E-state index in [0.29, 0.717) is 6.54 Å². The molecule has 1 aromatic rings. The van der Waals surface area contributed by atoms with Crippen LogP contribution in [0, 0.1) is 5.41 Å². The van der Waals surface area contributed by atoms with Crippen molar-refractivity contribution in [2.75, 3.05) is 13.6 Å². The second kappa shape index (κ2) is 7.63. The molecule has 6 heteroatoms. The maximum Gasteiger partial charge on any atom is 0.315 e. The number of carbonyl (C=O) groups is 2. The number of rotatable bonds is 5. The molecule has 0 saturated heterocycles. The van der Waals surface area contributed by atoms with E-state index in [4.69, 9.17) is 0 Å². The number of urea groups is 1. The van der Waals surface area contributed by atoms with E-state index in [-0.39, 0.29) is 23.4 Å². The number of carbonyl (C=O) groups excluding carboxylic acids is 2. The smallest absolute Gasteiger partial charge is 0.315 e. The molecular weight excluding hydrogens is 298 g/mol. The van der Waals surface area contributed by atoms with Gasteiger partial charge in [0.15, 0.2) is 0 Å². The van der Waals surface area contributed by atoms with Gasteiger partial charge in [-0.15, -0.1) is 11.3 Å². The zero-order valence-electron chi connectivity index (χ0n) is 14.3. The summed E-state index contributed by atoms with van der Waals surface area (Å²) in [6, 6.07) is 3.02. The SMILES string of the molecule is CCN(C)C(=O)C(C)NC(=O)NC(c1cccs1)C(C)(C)C. The van der Waals surface area contributed by atoms with Gasteiger partial charge in [-0.25, -0.2) is 4.79 Å². The molecule has 0 aliphatic rings. The van der Waals surface area contributed by atoms with E-state index < -0.39 is 6.04 Å². The molecule has 5 nitrogen and oxygen atoms in total. The minimum atomic E-state index is -0.547. The molecule has 0 fully saturated rings. The molecule has 0 saturated carbocycles. The second-order valence-electron chi connectivity index (χ2n) is 6.51. The fourth-order valence-electron chi connectivity index (χ4n) is 2.09. The first-order chi connectivity index (χ1) is 10.2. The zero-order chi connectivity index (χ0) is 16.9. The molecule has 2 N–H and O–H groups in total. The van der Waals surface area contributed by atoms with Gasteiger partial charge in [0, 0.05) is 18.5 Å². The van der Waals surface area contributed by atoms with E-state index in [0.717, 1.165) is 4.88 Å². The first kappa shape index (κ1) is 18.5. The summed E-state index contributed by atoms with van der Waals surface area (Å²) in [5.74, 6) is -0.0962. The molecule has 0 aromatic carbocycles. The number of thiophene rings is 1. The highest BCUT2D eigenvalue weighted by Crippen LogP contribution is 2.34. The van der Waals surface area contributed by atoms with Crippen LogP contribution in [0.25, 0.3) is 0 Å². The summed E-state index contributed by atoms with van der Waals surface area (Å²) in [5, 5.41) is 7.71. The quantitative estimate of drug-likeness (QED) is 0.874. The predicted molar refractivity (Wildman–Crippen MR) is 91.0 cm³/mol. The average molecular weight is 325 g/mol. The predicted octanol–water partition coefficient (Wildman–Crippen LogP) is 3.00. The van der Waals surface area contributed by atoms with Crippen LogP contribution in [0.15, 0.2) is 17.5 Å². The molecule has 1 aromatic heterocycles. The molecule has 0 aliphatic carbocycles. The fourth-order valence-corrected chi connectivity index (χ4v) is 3.11. The third-order valence-electron chi connectivity index (χ3n) is 3.54. The van der Waals surface area contributed by atoms with Gasteiger partial charge in [-0.2, -0.15) is 0 Å². The monoisotopic (exact) mass is 325 g/mol. The number of nitrogens with one attached hydrogen (secondary N) is 2. The Morgan fingerprint density at radius 3 is 2.41 bits per heavy atom. The molecular formula is C16H27N3O2S. The Labute approximate surface area is 137 Å². The van der Waals surface area contributed by atoms with Crippen LogP contribution in [-0.4, -0.2) is 36.5 Å². The van der Waals surface area contributed by atoms with Crippen LogP contribution in [0.5, 0.6) is 0 Å². The molecule has 2 atom stereocenters. The zero-order valence-corrected chi connectivity index (χ0v) is 15.1. The number of hydrogen-bond acceptors (Lipinski definition) is 3. The van der Waals surface area contributed by atoms with E-state index in [2.05, 4.69) is 31.4 Å². The number of nitrogens with zero attached hydrogens (tertiary/aromatic N) is 1. The molecule has 0 bridgehead atoms. The lowest BCUT2D eigenvalue weighted by molar-refractivity contribution is -0.131. The van der Waals surface area contributed by atoms with E-state index in [1.807, 2.05) is 24.4 Å². The van der Waals surface area contributed by atoms with E-state index in [1.54, 1.807) is 30.2 Å². The maximum absolute atomic E-state index is 12.2. The first-order valence-corrected chi connectivity index (χ1v) is 8.40. The van der Waals surface area contributed by atoms with Crippen LogP contribution in [-0.2, 0) is 4.79 Å². The number of likely N-dealkylation sites (N-methyl/N-ethyl adjacent to an activating group) is 1. The van der Waals surface area contributed by atoms with Crippen molar-refractivity contribution in [2.24, 2.45) is 5.41 Å². The van der Waals surface area contributed by atoms with Crippen molar-refractivity contribution in [1.82, 2.24) is 15.5 Å². The molecule has 0 spiro atoms. The van der Waals surface area contributed by atoms with Crippen LogP contribution in [0.4, 0.5) is 4.79 Å². The van der Waals surface area contributed by atoms with Crippen LogP contribution in [0.2, 0.25) is 0 Å². The summed E-state index contributed by atoms with van der Waals surface area (Å²) in [4.78, 5) is 26.9. The molecule has 1 rings (SSSR count). The van der Waals surface area contributed by atoms with Gasteiger partial charge in [0.1, 0.15) is 6.04 Å². The number of amides is 3. The van der Waals surface area contributed by atoms with Gasteiger partial charge >= 0.3 is 6.03 Å².